The maximum Gasteiger partial charge on any atom is 0.413 e. The number of amidine groups is 1. The molecule has 0 saturated carbocycles. The second-order valence-corrected chi connectivity index (χ2v) is 9.82. The summed E-state index contributed by atoms with van der Waals surface area (Å²) in [4.78, 5) is 28.8. The molecule has 2 aromatic rings. The van der Waals surface area contributed by atoms with Crippen molar-refractivity contribution >= 4 is 39.2 Å². The molecule has 0 radical (unpaired) electrons. The SMILES string of the molecule is O=C(C=CCNCS(=O)(=O)c1ccccc1Cl)CNCc1ccc(C2=NCCN2C(=O)O)cc1. The first-order valence-corrected chi connectivity index (χ1v) is 12.5. The molecule has 11 heteroatoms. The highest BCUT2D eigenvalue weighted by atomic mass is 35.5. The van der Waals surface area contributed by atoms with Crippen LogP contribution in [-0.2, 0) is 21.2 Å². The Hall–Kier alpha value is -3.05. The normalized spacial score (nSPS) is 13.9. The number of benzene rings is 2. The zero-order chi connectivity index (χ0) is 24.6. The summed E-state index contributed by atoms with van der Waals surface area (Å²) in [5, 5.41) is 15.2. The van der Waals surface area contributed by atoms with E-state index in [4.69, 9.17) is 11.6 Å². The van der Waals surface area contributed by atoms with Gasteiger partial charge in [0.1, 0.15) is 11.7 Å². The number of carbonyl (C=O) groups excluding carboxylic acids is 1. The van der Waals surface area contributed by atoms with Crippen LogP contribution in [0.3, 0.4) is 0 Å². The molecule has 0 fully saturated rings. The van der Waals surface area contributed by atoms with Gasteiger partial charge in [-0.3, -0.25) is 20.0 Å². The third-order valence-corrected chi connectivity index (χ3v) is 6.99. The first-order valence-electron chi connectivity index (χ1n) is 10.5. The molecule has 0 bridgehead atoms. The van der Waals surface area contributed by atoms with Crippen molar-refractivity contribution in [1.82, 2.24) is 15.5 Å². The van der Waals surface area contributed by atoms with Gasteiger partial charge in [-0.1, -0.05) is 54.1 Å². The molecule has 3 rings (SSSR count). The number of ketones is 1. The number of carboxylic acid groups (broad SMARTS) is 1. The van der Waals surface area contributed by atoms with Crippen molar-refractivity contribution in [2.45, 2.75) is 11.4 Å². The Bertz CT molecular complexity index is 1200. The van der Waals surface area contributed by atoms with Gasteiger partial charge in [-0.2, -0.15) is 0 Å². The molecule has 0 aliphatic carbocycles. The predicted octanol–water partition coefficient (Wildman–Crippen LogP) is 2.32. The molecule has 0 aromatic heterocycles. The first-order chi connectivity index (χ1) is 16.3. The monoisotopic (exact) mass is 504 g/mol. The summed E-state index contributed by atoms with van der Waals surface area (Å²) in [6.07, 6.45) is 1.94. The van der Waals surface area contributed by atoms with E-state index in [9.17, 15) is 23.1 Å². The zero-order valence-corrected chi connectivity index (χ0v) is 19.8. The van der Waals surface area contributed by atoms with Crippen LogP contribution in [0.25, 0.3) is 0 Å². The number of sulfone groups is 1. The molecule has 0 spiro atoms. The van der Waals surface area contributed by atoms with Crippen molar-refractivity contribution in [3.63, 3.8) is 0 Å². The molecule has 180 valence electrons. The van der Waals surface area contributed by atoms with Crippen molar-refractivity contribution in [1.29, 1.82) is 0 Å². The van der Waals surface area contributed by atoms with Crippen molar-refractivity contribution < 1.29 is 23.1 Å². The average molecular weight is 505 g/mol. The Labute approximate surface area is 203 Å². The minimum absolute atomic E-state index is 0.0666. The molecule has 1 heterocycles. The molecular formula is C23H25ClN4O5S. The topological polar surface area (TPSA) is 128 Å². The highest BCUT2D eigenvalue weighted by molar-refractivity contribution is 7.91. The Morgan fingerprint density at radius 1 is 1.12 bits per heavy atom. The van der Waals surface area contributed by atoms with Gasteiger partial charge in [0.2, 0.25) is 0 Å². The van der Waals surface area contributed by atoms with Crippen LogP contribution in [0.1, 0.15) is 11.1 Å². The van der Waals surface area contributed by atoms with Crippen LogP contribution in [0.5, 0.6) is 0 Å². The Kier molecular flexibility index (Phi) is 8.94. The van der Waals surface area contributed by atoms with E-state index >= 15 is 0 Å². The molecule has 3 N–H and O–H groups in total. The van der Waals surface area contributed by atoms with Gasteiger partial charge in [0.05, 0.1) is 29.6 Å². The van der Waals surface area contributed by atoms with Crippen molar-refractivity contribution in [3.05, 3.63) is 76.8 Å². The van der Waals surface area contributed by atoms with Crippen LogP contribution >= 0.6 is 11.6 Å². The number of nitrogens with zero attached hydrogens (tertiary/aromatic N) is 2. The van der Waals surface area contributed by atoms with E-state index in [0.717, 1.165) is 11.1 Å². The number of rotatable bonds is 11. The predicted molar refractivity (Wildman–Crippen MR) is 130 cm³/mol. The highest BCUT2D eigenvalue weighted by Crippen LogP contribution is 2.21. The van der Waals surface area contributed by atoms with Gasteiger partial charge >= 0.3 is 6.09 Å². The molecule has 0 unspecified atom stereocenters. The fourth-order valence-corrected chi connectivity index (χ4v) is 4.96. The molecule has 9 nitrogen and oxygen atoms in total. The van der Waals surface area contributed by atoms with Crippen LogP contribution in [0.15, 0.2) is 70.6 Å². The Morgan fingerprint density at radius 2 is 1.85 bits per heavy atom. The standard InChI is InChI=1S/C23H25ClN4O5S/c24-20-5-1-2-6-21(20)34(32,33)16-25-11-3-4-19(29)15-26-14-17-7-9-18(10-8-17)22-27-12-13-28(22)23(30)31/h1-10,25-26H,11-16H2,(H,30,31). The summed E-state index contributed by atoms with van der Waals surface area (Å²) in [6, 6.07) is 13.6. The van der Waals surface area contributed by atoms with Crippen LogP contribution in [0.2, 0.25) is 5.02 Å². The van der Waals surface area contributed by atoms with Gasteiger partial charge in [0.15, 0.2) is 15.6 Å². The number of halogens is 1. The van der Waals surface area contributed by atoms with Crippen LogP contribution in [0.4, 0.5) is 4.79 Å². The second-order valence-electron chi connectivity index (χ2n) is 7.45. The summed E-state index contributed by atoms with van der Waals surface area (Å²) in [7, 11) is -3.57. The smallest absolute Gasteiger partial charge is 0.413 e. The summed E-state index contributed by atoms with van der Waals surface area (Å²) < 4.78 is 24.6. The van der Waals surface area contributed by atoms with E-state index < -0.39 is 15.9 Å². The van der Waals surface area contributed by atoms with Crippen LogP contribution in [0, 0.1) is 0 Å². The van der Waals surface area contributed by atoms with Crippen LogP contribution in [-0.4, -0.2) is 68.2 Å². The van der Waals surface area contributed by atoms with Crippen molar-refractivity contribution in [2.24, 2.45) is 4.99 Å². The summed E-state index contributed by atoms with van der Waals surface area (Å²) in [6.45, 7) is 1.61. The number of hydrogen-bond donors (Lipinski definition) is 3. The molecule has 1 aliphatic heterocycles. The molecule has 1 aliphatic rings. The van der Waals surface area contributed by atoms with E-state index in [1.165, 1.54) is 23.1 Å². The van der Waals surface area contributed by atoms with Crippen molar-refractivity contribution in [3.8, 4) is 0 Å². The molecule has 1 amide bonds. The third kappa shape index (κ3) is 6.97. The molecule has 0 saturated heterocycles. The van der Waals surface area contributed by atoms with Gasteiger partial charge in [-0.25, -0.2) is 13.2 Å². The number of nitrogens with one attached hydrogen (secondary N) is 2. The number of carbonyl (C=O) groups is 2. The number of hydrogen-bond acceptors (Lipinski definition) is 7. The number of amides is 1. The maximum atomic E-state index is 12.3. The van der Waals surface area contributed by atoms with E-state index in [1.807, 2.05) is 12.1 Å². The van der Waals surface area contributed by atoms with E-state index in [2.05, 4.69) is 15.6 Å². The van der Waals surface area contributed by atoms with Gasteiger partial charge in [0, 0.05) is 18.7 Å². The fourth-order valence-electron chi connectivity index (χ4n) is 3.28. The molecule has 34 heavy (non-hydrogen) atoms. The van der Waals surface area contributed by atoms with Crippen LogP contribution < -0.4 is 10.6 Å². The number of aliphatic imine (C=N–C) groups is 1. The zero-order valence-electron chi connectivity index (χ0n) is 18.3. The summed E-state index contributed by atoms with van der Waals surface area (Å²) >= 11 is 5.94. The maximum absolute atomic E-state index is 12.3. The Balaban J connectivity index is 1.37. The quantitative estimate of drug-likeness (QED) is 0.316. The molecule has 0 atom stereocenters. The minimum atomic E-state index is -3.57. The third-order valence-electron chi connectivity index (χ3n) is 4.94. The summed E-state index contributed by atoms with van der Waals surface area (Å²) in [5.41, 5.74) is 1.67. The first kappa shape index (κ1) is 25.6. The van der Waals surface area contributed by atoms with Gasteiger partial charge < -0.3 is 10.4 Å². The van der Waals surface area contributed by atoms with Gasteiger partial charge in [0.25, 0.3) is 0 Å². The lowest BCUT2D eigenvalue weighted by Gasteiger charge is -2.14. The molecule has 2 aromatic carbocycles. The van der Waals surface area contributed by atoms with E-state index in [0.29, 0.717) is 25.5 Å². The lowest BCUT2D eigenvalue weighted by Crippen LogP contribution is -2.33. The Morgan fingerprint density at radius 3 is 2.56 bits per heavy atom. The van der Waals surface area contributed by atoms with Gasteiger partial charge in [-0.05, 0) is 23.8 Å². The minimum Gasteiger partial charge on any atom is -0.465 e. The lowest BCUT2D eigenvalue weighted by molar-refractivity contribution is -0.113. The summed E-state index contributed by atoms with van der Waals surface area (Å²) in [5.74, 6) is 0.00515. The van der Waals surface area contributed by atoms with Gasteiger partial charge in [-0.15, -0.1) is 0 Å². The molecular weight excluding hydrogens is 480 g/mol. The largest absolute Gasteiger partial charge is 0.465 e. The average Bonchev–Trinajstić information content (AvgIpc) is 3.30. The van der Waals surface area contributed by atoms with Crippen molar-refractivity contribution in [2.75, 3.05) is 32.1 Å². The second kappa shape index (κ2) is 11.9. The van der Waals surface area contributed by atoms with E-state index in [-0.39, 0.29) is 34.7 Å². The lowest BCUT2D eigenvalue weighted by atomic mass is 10.1. The highest BCUT2D eigenvalue weighted by Gasteiger charge is 2.24. The van der Waals surface area contributed by atoms with E-state index in [1.54, 1.807) is 30.3 Å². The fraction of sp³-hybridized carbons (Fsp3) is 0.261.